The molecule has 1 aromatic carbocycles. The molecular weight excluding hydrogens is 366 g/mol. The van der Waals surface area contributed by atoms with E-state index in [0.717, 1.165) is 44.7 Å². The molecule has 1 saturated carbocycles. The number of carboxylic acid groups (broad SMARTS) is 1. The van der Waals surface area contributed by atoms with Crippen LogP contribution in [0.3, 0.4) is 0 Å². The zero-order valence-electron chi connectivity index (χ0n) is 17.0. The molecule has 0 atom stereocenters. The van der Waals surface area contributed by atoms with Gasteiger partial charge < -0.3 is 19.9 Å². The Bertz CT molecular complexity index is 885. The maximum absolute atomic E-state index is 12.6. The third kappa shape index (κ3) is 4.74. The molecule has 2 aliphatic rings. The maximum atomic E-state index is 12.6. The van der Waals surface area contributed by atoms with E-state index in [4.69, 9.17) is 5.11 Å². The molecule has 4 rings (SSSR count). The van der Waals surface area contributed by atoms with Crippen molar-refractivity contribution in [3.8, 4) is 0 Å². The van der Waals surface area contributed by atoms with Crippen LogP contribution in [0.25, 0.3) is 10.9 Å². The second kappa shape index (κ2) is 8.89. The first-order chi connectivity index (χ1) is 14.1. The number of rotatable bonds is 9. The number of benzene rings is 1. The number of urea groups is 1. The van der Waals surface area contributed by atoms with Crippen molar-refractivity contribution in [1.82, 2.24) is 14.8 Å². The molecule has 0 spiro atoms. The smallest absolute Gasteiger partial charge is 0.317 e. The van der Waals surface area contributed by atoms with Crippen LogP contribution in [-0.4, -0.2) is 39.7 Å². The van der Waals surface area contributed by atoms with E-state index in [2.05, 4.69) is 34.1 Å². The number of unbranched alkanes of at least 4 members (excludes halogenated alkanes) is 3. The molecule has 6 nitrogen and oxygen atoms in total. The number of carbonyl (C=O) groups is 2. The minimum absolute atomic E-state index is 0.0141. The standard InChI is InChI=1S/C23H31N3O3/c27-22(28)9-3-1-2-6-13-24-23(29)25-14-12-21-19(16-25)18-7-4-5-8-20(18)26(21)15-17-10-11-17/h4-5,7-8,17H,1-3,6,9-16H2,(H,24,29)(H,27,28). The molecule has 2 amide bonds. The lowest BCUT2D eigenvalue weighted by Gasteiger charge is -2.28. The minimum Gasteiger partial charge on any atom is -0.481 e. The Morgan fingerprint density at radius 1 is 1.10 bits per heavy atom. The van der Waals surface area contributed by atoms with Crippen LogP contribution in [0.1, 0.15) is 56.2 Å². The number of nitrogens with one attached hydrogen (secondary N) is 1. The molecule has 1 fully saturated rings. The second-order valence-electron chi connectivity index (χ2n) is 8.46. The molecule has 0 saturated heterocycles. The quantitative estimate of drug-likeness (QED) is 0.624. The largest absolute Gasteiger partial charge is 0.481 e. The summed E-state index contributed by atoms with van der Waals surface area (Å²) in [6, 6.07) is 8.62. The van der Waals surface area contributed by atoms with E-state index in [1.54, 1.807) is 0 Å². The number of carboxylic acids is 1. The molecule has 0 unspecified atom stereocenters. The molecule has 1 aliphatic heterocycles. The van der Waals surface area contributed by atoms with Crippen molar-refractivity contribution in [3.05, 3.63) is 35.5 Å². The summed E-state index contributed by atoms with van der Waals surface area (Å²) in [4.78, 5) is 25.1. The van der Waals surface area contributed by atoms with E-state index in [1.165, 1.54) is 35.0 Å². The van der Waals surface area contributed by atoms with Crippen molar-refractivity contribution >= 4 is 22.9 Å². The van der Waals surface area contributed by atoms with Crippen LogP contribution >= 0.6 is 0 Å². The van der Waals surface area contributed by atoms with E-state index < -0.39 is 5.97 Å². The normalized spacial score (nSPS) is 16.1. The molecule has 2 aromatic rings. The van der Waals surface area contributed by atoms with Crippen LogP contribution in [0.4, 0.5) is 4.79 Å². The highest BCUT2D eigenvalue weighted by Crippen LogP contribution is 2.36. The van der Waals surface area contributed by atoms with Gasteiger partial charge in [0.1, 0.15) is 0 Å². The van der Waals surface area contributed by atoms with Gasteiger partial charge in [0.2, 0.25) is 0 Å². The third-order valence-electron chi connectivity index (χ3n) is 6.18. The van der Waals surface area contributed by atoms with Gasteiger partial charge in [0.25, 0.3) is 0 Å². The molecule has 2 N–H and O–H groups in total. The number of hydrogen-bond acceptors (Lipinski definition) is 2. The molecule has 2 heterocycles. The zero-order valence-corrected chi connectivity index (χ0v) is 17.0. The lowest BCUT2D eigenvalue weighted by atomic mass is 10.0. The molecular formula is C23H31N3O3. The number of aromatic nitrogens is 1. The van der Waals surface area contributed by atoms with Crippen LogP contribution in [0.2, 0.25) is 0 Å². The van der Waals surface area contributed by atoms with Crippen molar-refractivity contribution in [1.29, 1.82) is 0 Å². The number of nitrogens with zero attached hydrogens (tertiary/aromatic N) is 2. The average molecular weight is 398 g/mol. The Hall–Kier alpha value is -2.50. The lowest BCUT2D eigenvalue weighted by Crippen LogP contribution is -2.43. The van der Waals surface area contributed by atoms with Gasteiger partial charge in [0.05, 0.1) is 0 Å². The van der Waals surface area contributed by atoms with Crippen molar-refractivity contribution in [2.24, 2.45) is 5.92 Å². The van der Waals surface area contributed by atoms with Gasteiger partial charge in [-0.25, -0.2) is 4.79 Å². The van der Waals surface area contributed by atoms with Crippen molar-refractivity contribution in [2.75, 3.05) is 13.1 Å². The second-order valence-corrected chi connectivity index (χ2v) is 8.46. The Kier molecular flexibility index (Phi) is 6.07. The molecule has 1 aliphatic carbocycles. The molecule has 0 radical (unpaired) electrons. The lowest BCUT2D eigenvalue weighted by molar-refractivity contribution is -0.137. The molecule has 156 valence electrons. The fourth-order valence-electron chi connectivity index (χ4n) is 4.40. The number of aliphatic carboxylic acids is 1. The summed E-state index contributed by atoms with van der Waals surface area (Å²) in [5, 5.41) is 13.0. The van der Waals surface area contributed by atoms with Crippen LogP contribution in [0.5, 0.6) is 0 Å². The SMILES string of the molecule is O=C(O)CCCCCCNC(=O)N1CCc2c(c3ccccc3n2CC2CC2)C1. The predicted molar refractivity (Wildman–Crippen MR) is 113 cm³/mol. The summed E-state index contributed by atoms with van der Waals surface area (Å²) < 4.78 is 2.51. The van der Waals surface area contributed by atoms with Gasteiger partial charge in [-0.3, -0.25) is 4.79 Å². The van der Waals surface area contributed by atoms with Crippen molar-refractivity contribution in [2.45, 2.75) is 64.5 Å². The van der Waals surface area contributed by atoms with E-state index in [9.17, 15) is 9.59 Å². The molecule has 6 heteroatoms. The number of amides is 2. The van der Waals surface area contributed by atoms with Crippen molar-refractivity contribution in [3.63, 3.8) is 0 Å². The van der Waals surface area contributed by atoms with Gasteiger partial charge in [0.15, 0.2) is 0 Å². The van der Waals surface area contributed by atoms with Gasteiger partial charge >= 0.3 is 12.0 Å². The van der Waals surface area contributed by atoms with Gasteiger partial charge in [0, 0.05) is 61.2 Å². The Morgan fingerprint density at radius 2 is 1.90 bits per heavy atom. The number of carbonyl (C=O) groups excluding carboxylic acids is 1. The summed E-state index contributed by atoms with van der Waals surface area (Å²) >= 11 is 0. The first-order valence-corrected chi connectivity index (χ1v) is 11.0. The van der Waals surface area contributed by atoms with Crippen LogP contribution in [0, 0.1) is 5.92 Å². The van der Waals surface area contributed by atoms with E-state index in [0.29, 0.717) is 19.5 Å². The Morgan fingerprint density at radius 3 is 2.69 bits per heavy atom. The summed E-state index contributed by atoms with van der Waals surface area (Å²) in [7, 11) is 0. The monoisotopic (exact) mass is 397 g/mol. The first-order valence-electron chi connectivity index (χ1n) is 11.0. The highest BCUT2D eigenvalue weighted by Gasteiger charge is 2.29. The Balaban J connectivity index is 1.32. The first kappa shape index (κ1) is 19.8. The van der Waals surface area contributed by atoms with E-state index in [-0.39, 0.29) is 12.5 Å². The van der Waals surface area contributed by atoms with E-state index >= 15 is 0 Å². The predicted octanol–water partition coefficient (Wildman–Crippen LogP) is 4.15. The Labute approximate surface area is 171 Å². The fourth-order valence-corrected chi connectivity index (χ4v) is 4.40. The average Bonchev–Trinajstić information content (AvgIpc) is 3.49. The summed E-state index contributed by atoms with van der Waals surface area (Å²) in [6.07, 6.45) is 7.28. The third-order valence-corrected chi connectivity index (χ3v) is 6.18. The fraction of sp³-hybridized carbons (Fsp3) is 0.565. The molecule has 1 aromatic heterocycles. The van der Waals surface area contributed by atoms with Gasteiger partial charge in [-0.15, -0.1) is 0 Å². The highest BCUT2D eigenvalue weighted by molar-refractivity contribution is 5.86. The van der Waals surface area contributed by atoms with Gasteiger partial charge in [-0.2, -0.15) is 0 Å². The van der Waals surface area contributed by atoms with Gasteiger partial charge in [-0.1, -0.05) is 31.0 Å². The summed E-state index contributed by atoms with van der Waals surface area (Å²) in [6.45, 7) is 3.21. The topological polar surface area (TPSA) is 74.6 Å². The van der Waals surface area contributed by atoms with Crippen molar-refractivity contribution < 1.29 is 14.7 Å². The summed E-state index contributed by atoms with van der Waals surface area (Å²) in [5.74, 6) is 0.0907. The van der Waals surface area contributed by atoms with Crippen LogP contribution < -0.4 is 5.32 Å². The minimum atomic E-state index is -0.735. The molecule has 0 bridgehead atoms. The highest BCUT2D eigenvalue weighted by atomic mass is 16.4. The summed E-state index contributed by atoms with van der Waals surface area (Å²) in [5.41, 5.74) is 4.05. The zero-order chi connectivity index (χ0) is 20.2. The van der Waals surface area contributed by atoms with E-state index in [1.807, 2.05) is 4.90 Å². The van der Waals surface area contributed by atoms with Gasteiger partial charge in [-0.05, 0) is 37.7 Å². The number of fused-ring (bicyclic) bond motifs is 3. The van der Waals surface area contributed by atoms with Crippen LogP contribution in [-0.2, 0) is 24.3 Å². The van der Waals surface area contributed by atoms with Crippen LogP contribution in [0.15, 0.2) is 24.3 Å². The number of hydrogen-bond donors (Lipinski definition) is 2. The molecule has 29 heavy (non-hydrogen) atoms. The maximum Gasteiger partial charge on any atom is 0.317 e. The number of para-hydroxylation sites is 1.